The topological polar surface area (TPSA) is 93.4 Å². The number of nitrogens with two attached hydrogens (primary N) is 1. The lowest BCUT2D eigenvalue weighted by Crippen LogP contribution is -2.15. The molecule has 120 valence electrons. The van der Waals surface area contributed by atoms with Crippen molar-refractivity contribution in [3.8, 4) is 5.75 Å². The molecule has 2 rings (SSSR count). The maximum atomic E-state index is 12.5. The van der Waals surface area contributed by atoms with E-state index in [4.69, 9.17) is 10.5 Å². The van der Waals surface area contributed by atoms with Gasteiger partial charge in [-0.05, 0) is 35.9 Å². The largest absolute Gasteiger partial charge is 0.495 e. The second kappa shape index (κ2) is 7.42. The fourth-order valence-corrected chi connectivity index (χ4v) is 2.16. The monoisotopic (exact) mass is 313 g/mol. The molecule has 23 heavy (non-hydrogen) atoms. The molecule has 0 aromatic heterocycles. The summed E-state index contributed by atoms with van der Waals surface area (Å²) in [6, 6.07) is 12.2. The Morgan fingerprint density at radius 3 is 2.52 bits per heavy atom. The number of anilines is 2. The zero-order chi connectivity index (χ0) is 16.8. The fourth-order valence-electron chi connectivity index (χ4n) is 2.16. The van der Waals surface area contributed by atoms with Crippen molar-refractivity contribution in [1.29, 1.82) is 0 Å². The van der Waals surface area contributed by atoms with Crippen LogP contribution in [-0.2, 0) is 11.3 Å². The minimum atomic E-state index is -0.309. The smallest absolute Gasteiger partial charge is 0.255 e. The number of para-hydroxylation sites is 2. The highest BCUT2D eigenvalue weighted by atomic mass is 16.5. The Morgan fingerprint density at radius 2 is 1.87 bits per heavy atom. The van der Waals surface area contributed by atoms with Crippen LogP contribution in [0.1, 0.15) is 22.8 Å². The summed E-state index contributed by atoms with van der Waals surface area (Å²) >= 11 is 0. The van der Waals surface area contributed by atoms with E-state index in [-0.39, 0.29) is 18.4 Å². The normalized spacial score (nSPS) is 10.0. The van der Waals surface area contributed by atoms with Gasteiger partial charge in [0.15, 0.2) is 0 Å². The Hall–Kier alpha value is -2.86. The molecule has 0 bridgehead atoms. The molecule has 0 unspecified atom stereocenters. The van der Waals surface area contributed by atoms with E-state index < -0.39 is 0 Å². The molecule has 0 spiro atoms. The Bertz CT molecular complexity index is 729. The molecule has 0 aliphatic carbocycles. The Kier molecular flexibility index (Phi) is 5.32. The summed E-state index contributed by atoms with van der Waals surface area (Å²) < 4.78 is 5.21. The zero-order valence-electron chi connectivity index (χ0n) is 13.1. The van der Waals surface area contributed by atoms with E-state index in [1.165, 1.54) is 14.0 Å². The minimum Gasteiger partial charge on any atom is -0.495 e. The molecule has 2 aromatic carbocycles. The molecule has 0 saturated carbocycles. The molecule has 0 radical (unpaired) electrons. The first kappa shape index (κ1) is 16.5. The van der Waals surface area contributed by atoms with Crippen molar-refractivity contribution in [2.75, 3.05) is 17.7 Å². The second-order valence-corrected chi connectivity index (χ2v) is 4.96. The molecule has 0 aliphatic heterocycles. The molecule has 6 nitrogen and oxygen atoms in total. The van der Waals surface area contributed by atoms with Crippen LogP contribution >= 0.6 is 0 Å². The molecule has 6 heteroatoms. The predicted molar refractivity (Wildman–Crippen MR) is 89.6 cm³/mol. The number of nitrogens with one attached hydrogen (secondary N) is 2. The standard InChI is InChI=1S/C17H19N3O3/c1-11(21)19-14-8-12(10-18)7-13(9-14)17(22)20-15-5-3-4-6-16(15)23-2/h3-9H,10,18H2,1-2H3,(H,19,21)(H,20,22). The maximum Gasteiger partial charge on any atom is 0.255 e. The van der Waals surface area contributed by atoms with Crippen molar-refractivity contribution in [3.63, 3.8) is 0 Å². The highest BCUT2D eigenvalue weighted by molar-refractivity contribution is 6.06. The first-order chi connectivity index (χ1) is 11.0. The first-order valence-corrected chi connectivity index (χ1v) is 7.09. The lowest BCUT2D eigenvalue weighted by molar-refractivity contribution is -0.114. The summed E-state index contributed by atoms with van der Waals surface area (Å²) in [6.45, 7) is 1.67. The molecule has 0 fully saturated rings. The summed E-state index contributed by atoms with van der Waals surface area (Å²) in [6.07, 6.45) is 0. The van der Waals surface area contributed by atoms with E-state index in [0.29, 0.717) is 22.7 Å². The lowest BCUT2D eigenvalue weighted by Gasteiger charge is -2.12. The third kappa shape index (κ3) is 4.31. The predicted octanol–water partition coefficient (Wildman–Crippen LogP) is 2.36. The zero-order valence-corrected chi connectivity index (χ0v) is 13.1. The van der Waals surface area contributed by atoms with Crippen LogP contribution < -0.4 is 21.1 Å². The van der Waals surface area contributed by atoms with Crippen molar-refractivity contribution in [3.05, 3.63) is 53.6 Å². The van der Waals surface area contributed by atoms with Crippen LogP contribution in [0.15, 0.2) is 42.5 Å². The molecule has 2 aromatic rings. The van der Waals surface area contributed by atoms with Gasteiger partial charge in [-0.25, -0.2) is 0 Å². The fraction of sp³-hybridized carbons (Fsp3) is 0.176. The molecule has 0 saturated heterocycles. The van der Waals surface area contributed by atoms with Crippen LogP contribution in [0.3, 0.4) is 0 Å². The van der Waals surface area contributed by atoms with Gasteiger partial charge in [0.2, 0.25) is 5.91 Å². The van der Waals surface area contributed by atoms with E-state index in [1.807, 2.05) is 6.07 Å². The molecule has 0 heterocycles. The number of amides is 2. The van der Waals surface area contributed by atoms with E-state index in [1.54, 1.807) is 36.4 Å². The SMILES string of the molecule is COc1ccccc1NC(=O)c1cc(CN)cc(NC(C)=O)c1. The van der Waals surface area contributed by atoms with Crippen LogP contribution in [0.25, 0.3) is 0 Å². The molecule has 0 aliphatic rings. The first-order valence-electron chi connectivity index (χ1n) is 7.09. The average molecular weight is 313 g/mol. The summed E-state index contributed by atoms with van der Waals surface area (Å²) in [7, 11) is 1.54. The van der Waals surface area contributed by atoms with E-state index in [0.717, 1.165) is 5.56 Å². The maximum absolute atomic E-state index is 12.5. The number of hydrogen-bond acceptors (Lipinski definition) is 4. The number of methoxy groups -OCH3 is 1. The Balaban J connectivity index is 2.29. The molecule has 4 N–H and O–H groups in total. The van der Waals surface area contributed by atoms with Crippen LogP contribution in [0.4, 0.5) is 11.4 Å². The summed E-state index contributed by atoms with van der Waals surface area (Å²) in [5, 5.41) is 5.45. The van der Waals surface area contributed by atoms with Gasteiger partial charge < -0.3 is 21.1 Å². The van der Waals surface area contributed by atoms with Gasteiger partial charge in [-0.1, -0.05) is 12.1 Å². The van der Waals surface area contributed by atoms with Crippen LogP contribution in [0, 0.1) is 0 Å². The second-order valence-electron chi connectivity index (χ2n) is 4.96. The van der Waals surface area contributed by atoms with Gasteiger partial charge >= 0.3 is 0 Å². The summed E-state index contributed by atoms with van der Waals surface area (Å²) in [4.78, 5) is 23.7. The highest BCUT2D eigenvalue weighted by Gasteiger charge is 2.12. The van der Waals surface area contributed by atoms with Crippen LogP contribution in [0.5, 0.6) is 5.75 Å². The average Bonchev–Trinajstić information content (AvgIpc) is 2.54. The van der Waals surface area contributed by atoms with Crippen LogP contribution in [0.2, 0.25) is 0 Å². The molecule has 2 amide bonds. The van der Waals surface area contributed by atoms with Crippen LogP contribution in [-0.4, -0.2) is 18.9 Å². The van der Waals surface area contributed by atoms with Crippen molar-refractivity contribution < 1.29 is 14.3 Å². The Morgan fingerprint density at radius 1 is 1.13 bits per heavy atom. The van der Waals surface area contributed by atoms with Crippen molar-refractivity contribution >= 4 is 23.2 Å². The van der Waals surface area contributed by atoms with Gasteiger partial charge in [0.1, 0.15) is 5.75 Å². The van der Waals surface area contributed by atoms with E-state index >= 15 is 0 Å². The van der Waals surface area contributed by atoms with E-state index in [2.05, 4.69) is 10.6 Å². The van der Waals surface area contributed by atoms with Gasteiger partial charge in [-0.3, -0.25) is 9.59 Å². The van der Waals surface area contributed by atoms with Crippen molar-refractivity contribution in [2.24, 2.45) is 5.73 Å². The molecular formula is C17H19N3O3. The quantitative estimate of drug-likeness (QED) is 0.790. The third-order valence-corrected chi connectivity index (χ3v) is 3.17. The highest BCUT2D eigenvalue weighted by Crippen LogP contribution is 2.24. The minimum absolute atomic E-state index is 0.213. The van der Waals surface area contributed by atoms with Gasteiger partial charge in [-0.15, -0.1) is 0 Å². The number of ether oxygens (including phenoxy) is 1. The van der Waals surface area contributed by atoms with Gasteiger partial charge in [0.25, 0.3) is 5.91 Å². The number of hydrogen-bond donors (Lipinski definition) is 3. The number of carbonyl (C=O) groups is 2. The number of rotatable bonds is 5. The van der Waals surface area contributed by atoms with Gasteiger partial charge in [0, 0.05) is 24.7 Å². The van der Waals surface area contributed by atoms with Crippen molar-refractivity contribution in [1.82, 2.24) is 0 Å². The lowest BCUT2D eigenvalue weighted by atomic mass is 10.1. The Labute approximate surface area is 134 Å². The number of benzene rings is 2. The third-order valence-electron chi connectivity index (χ3n) is 3.17. The summed E-state index contributed by atoms with van der Waals surface area (Å²) in [5.41, 5.74) is 7.91. The molecule has 0 atom stereocenters. The van der Waals surface area contributed by atoms with Crippen molar-refractivity contribution in [2.45, 2.75) is 13.5 Å². The van der Waals surface area contributed by atoms with Gasteiger partial charge in [0.05, 0.1) is 12.8 Å². The van der Waals surface area contributed by atoms with Gasteiger partial charge in [-0.2, -0.15) is 0 Å². The summed E-state index contributed by atoms with van der Waals surface area (Å²) in [5.74, 6) is 0.0459. The molecular weight excluding hydrogens is 294 g/mol. The van der Waals surface area contributed by atoms with E-state index in [9.17, 15) is 9.59 Å². The number of carbonyl (C=O) groups excluding carboxylic acids is 2.